The average Bonchev–Trinajstić information content (AvgIpc) is 3.19. The first-order valence-electron chi connectivity index (χ1n) is 10.7. The Morgan fingerprint density at radius 3 is 2.54 bits per heavy atom. The van der Waals surface area contributed by atoms with Crippen LogP contribution in [0.5, 0.6) is 11.5 Å². The maximum Gasteiger partial charge on any atom is 0.339 e. The van der Waals surface area contributed by atoms with Gasteiger partial charge in [-0.2, -0.15) is 8.42 Å². The first-order chi connectivity index (χ1) is 17.6. The molecule has 3 aromatic rings. The minimum absolute atomic E-state index is 0.0749. The zero-order valence-electron chi connectivity index (χ0n) is 19.1. The van der Waals surface area contributed by atoms with Gasteiger partial charge in [-0.05, 0) is 72.8 Å². The van der Waals surface area contributed by atoms with Crippen LogP contribution in [0.1, 0.15) is 12.5 Å². The number of non-ortho nitro benzene ring substituents is 1. The van der Waals surface area contributed by atoms with Crippen molar-refractivity contribution in [3.05, 3.63) is 92.3 Å². The lowest BCUT2D eigenvalue weighted by Gasteiger charge is -2.12. The minimum atomic E-state index is -4.29. The molecule has 1 saturated heterocycles. The van der Waals surface area contributed by atoms with E-state index in [1.807, 2.05) is 0 Å². The van der Waals surface area contributed by atoms with Gasteiger partial charge in [0, 0.05) is 17.2 Å². The van der Waals surface area contributed by atoms with Gasteiger partial charge in [-0.3, -0.25) is 14.9 Å². The minimum Gasteiger partial charge on any atom is -0.490 e. The Morgan fingerprint density at radius 1 is 1.11 bits per heavy atom. The van der Waals surface area contributed by atoms with E-state index in [0.29, 0.717) is 26.3 Å². The molecule has 0 radical (unpaired) electrons. The lowest BCUT2D eigenvalue weighted by molar-refractivity contribution is -0.384. The molecule has 3 aromatic carbocycles. The average molecular weight is 560 g/mol. The fourth-order valence-corrected chi connectivity index (χ4v) is 5.11. The summed E-state index contributed by atoms with van der Waals surface area (Å²) < 4.78 is 36.2. The molecule has 0 saturated carbocycles. The number of nitro benzene ring substituents is 1. The molecule has 190 valence electrons. The molecule has 1 fully saturated rings. The molecule has 0 atom stereocenters. The molecule has 4 rings (SSSR count). The highest BCUT2D eigenvalue weighted by Crippen LogP contribution is 2.34. The summed E-state index contributed by atoms with van der Waals surface area (Å²) in [6, 6.07) is 15.7. The van der Waals surface area contributed by atoms with Crippen LogP contribution in [-0.2, 0) is 14.9 Å². The Bertz CT molecular complexity index is 1540. The largest absolute Gasteiger partial charge is 0.490 e. The monoisotopic (exact) mass is 559 g/mol. The first-order valence-corrected chi connectivity index (χ1v) is 13.3. The highest BCUT2D eigenvalue weighted by atomic mass is 35.5. The summed E-state index contributed by atoms with van der Waals surface area (Å²) in [4.78, 5) is 27.1. The number of carbonyl (C=O) groups is 1. The quantitative estimate of drug-likeness (QED) is 0.170. The number of amides is 1. The molecule has 1 amide bonds. The van der Waals surface area contributed by atoms with E-state index >= 15 is 0 Å². The van der Waals surface area contributed by atoms with Gasteiger partial charge in [-0.1, -0.05) is 23.7 Å². The molecule has 1 aliphatic heterocycles. The number of thioether (sulfide) groups is 1. The van der Waals surface area contributed by atoms with Crippen molar-refractivity contribution in [3.63, 3.8) is 0 Å². The number of ether oxygens (including phenoxy) is 1. The van der Waals surface area contributed by atoms with Gasteiger partial charge >= 0.3 is 10.1 Å². The van der Waals surface area contributed by atoms with Crippen molar-refractivity contribution < 1.29 is 27.1 Å². The van der Waals surface area contributed by atoms with Crippen LogP contribution in [0.2, 0.25) is 5.02 Å². The van der Waals surface area contributed by atoms with Gasteiger partial charge in [0.15, 0.2) is 16.7 Å². The number of hydrogen-bond donors (Lipinski definition) is 1. The zero-order valence-corrected chi connectivity index (χ0v) is 21.5. The van der Waals surface area contributed by atoms with Crippen molar-refractivity contribution in [2.45, 2.75) is 11.8 Å². The van der Waals surface area contributed by atoms with Crippen LogP contribution in [0.3, 0.4) is 0 Å². The molecular formula is C24H18ClN3O7S2. The van der Waals surface area contributed by atoms with Crippen LogP contribution >= 0.6 is 23.4 Å². The normalized spacial score (nSPS) is 15.6. The van der Waals surface area contributed by atoms with E-state index in [-0.39, 0.29) is 34.6 Å². The lowest BCUT2D eigenvalue weighted by Crippen LogP contribution is -2.19. The molecule has 1 aliphatic rings. The third-order valence-corrected chi connectivity index (χ3v) is 7.18. The third-order valence-electron chi connectivity index (χ3n) is 4.79. The number of nitro groups is 1. The molecule has 0 bridgehead atoms. The van der Waals surface area contributed by atoms with Crippen molar-refractivity contribution in [3.8, 4) is 11.5 Å². The molecule has 0 aliphatic carbocycles. The predicted octanol–water partition coefficient (Wildman–Crippen LogP) is 5.31. The van der Waals surface area contributed by atoms with Gasteiger partial charge in [0.1, 0.15) is 4.90 Å². The van der Waals surface area contributed by atoms with Gasteiger partial charge in [-0.25, -0.2) is 4.99 Å². The van der Waals surface area contributed by atoms with Crippen LogP contribution in [0.15, 0.2) is 81.5 Å². The molecule has 0 unspecified atom stereocenters. The summed E-state index contributed by atoms with van der Waals surface area (Å²) in [6.45, 7) is 1.94. The fraction of sp³-hybridized carbons (Fsp3) is 0.0833. The highest BCUT2D eigenvalue weighted by molar-refractivity contribution is 8.18. The number of nitrogens with zero attached hydrogens (tertiary/aromatic N) is 2. The molecule has 1 heterocycles. The Kier molecular flexibility index (Phi) is 7.81. The summed E-state index contributed by atoms with van der Waals surface area (Å²) in [5.41, 5.74) is 0.900. The SMILES string of the molecule is CCOc1cc(/C=C2/SC(=Nc3cccc(Cl)c3)NC2=O)ccc1OS(=O)(=O)c1ccc([N+](=O)[O-])cc1. The van der Waals surface area contributed by atoms with Crippen LogP contribution in [0, 0.1) is 10.1 Å². The number of hydrogen-bond acceptors (Lipinski definition) is 9. The standard InChI is InChI=1S/C24H18ClN3O7S2/c1-2-34-21-12-15(13-22-23(29)27-24(36-22)26-17-5-3-4-16(25)14-17)6-11-20(21)35-37(32,33)19-9-7-18(8-10-19)28(30)31/h3-14H,2H2,1H3,(H,26,27,29)/b22-13+. The van der Waals surface area contributed by atoms with Crippen LogP contribution in [0.25, 0.3) is 6.08 Å². The molecule has 13 heteroatoms. The second-order valence-electron chi connectivity index (χ2n) is 7.39. The summed E-state index contributed by atoms with van der Waals surface area (Å²) in [5, 5.41) is 14.4. The predicted molar refractivity (Wildman–Crippen MR) is 141 cm³/mol. The number of rotatable bonds is 8. The highest BCUT2D eigenvalue weighted by Gasteiger charge is 2.25. The molecule has 37 heavy (non-hydrogen) atoms. The topological polar surface area (TPSA) is 137 Å². The van der Waals surface area contributed by atoms with E-state index in [1.54, 1.807) is 43.3 Å². The van der Waals surface area contributed by atoms with Crippen LogP contribution in [0.4, 0.5) is 11.4 Å². The van der Waals surface area contributed by atoms with Crippen molar-refractivity contribution >= 4 is 62.0 Å². The van der Waals surface area contributed by atoms with Crippen molar-refractivity contribution in [2.24, 2.45) is 4.99 Å². The number of carbonyl (C=O) groups excluding carboxylic acids is 1. The van der Waals surface area contributed by atoms with Crippen molar-refractivity contribution in [1.29, 1.82) is 0 Å². The van der Waals surface area contributed by atoms with E-state index in [9.17, 15) is 23.3 Å². The Morgan fingerprint density at radius 2 is 1.86 bits per heavy atom. The fourth-order valence-electron chi connectivity index (χ4n) is 3.15. The van der Waals surface area contributed by atoms with E-state index in [2.05, 4.69) is 10.3 Å². The van der Waals surface area contributed by atoms with Crippen molar-refractivity contribution in [2.75, 3.05) is 6.61 Å². The summed E-state index contributed by atoms with van der Waals surface area (Å²) in [7, 11) is -4.29. The summed E-state index contributed by atoms with van der Waals surface area (Å²) in [6.07, 6.45) is 1.61. The smallest absolute Gasteiger partial charge is 0.339 e. The van der Waals surface area contributed by atoms with Gasteiger partial charge < -0.3 is 14.2 Å². The van der Waals surface area contributed by atoms with Gasteiger partial charge in [0.2, 0.25) is 0 Å². The Balaban J connectivity index is 1.57. The number of benzene rings is 3. The first kappa shape index (κ1) is 26.2. The molecular weight excluding hydrogens is 542 g/mol. The van der Waals surface area contributed by atoms with Crippen LogP contribution in [-0.4, -0.2) is 31.0 Å². The van der Waals surface area contributed by atoms with Gasteiger partial charge in [-0.15, -0.1) is 0 Å². The van der Waals surface area contributed by atoms with E-state index < -0.39 is 15.0 Å². The van der Waals surface area contributed by atoms with Crippen LogP contribution < -0.4 is 14.2 Å². The lowest BCUT2D eigenvalue weighted by atomic mass is 10.2. The molecule has 10 nitrogen and oxygen atoms in total. The number of amidine groups is 1. The second-order valence-corrected chi connectivity index (χ2v) is 10.4. The Labute approximate surface area is 221 Å². The van der Waals surface area contributed by atoms with E-state index in [4.69, 9.17) is 20.5 Å². The van der Waals surface area contributed by atoms with Gasteiger partial charge in [0.05, 0.1) is 22.1 Å². The van der Waals surface area contributed by atoms with E-state index in [1.165, 1.54) is 12.1 Å². The summed E-state index contributed by atoms with van der Waals surface area (Å²) >= 11 is 7.12. The molecule has 1 N–H and O–H groups in total. The van der Waals surface area contributed by atoms with Crippen molar-refractivity contribution in [1.82, 2.24) is 5.32 Å². The molecule has 0 aromatic heterocycles. The zero-order chi connectivity index (χ0) is 26.6. The van der Waals surface area contributed by atoms with E-state index in [0.717, 1.165) is 36.0 Å². The molecule has 0 spiro atoms. The number of aliphatic imine (C=N–C) groups is 1. The van der Waals surface area contributed by atoms with Gasteiger partial charge in [0.25, 0.3) is 11.6 Å². The number of nitrogens with one attached hydrogen (secondary N) is 1. The second kappa shape index (κ2) is 11.0. The third kappa shape index (κ3) is 6.47. The summed E-state index contributed by atoms with van der Waals surface area (Å²) in [5.74, 6) is -0.280. The number of halogens is 1. The Hall–Kier alpha value is -3.87. The maximum atomic E-state index is 12.7. The maximum absolute atomic E-state index is 12.7.